The van der Waals surface area contributed by atoms with E-state index in [-0.39, 0.29) is 21.1 Å². The minimum atomic E-state index is 0. The first-order valence-electron chi connectivity index (χ1n) is 9.85. The van der Waals surface area contributed by atoms with Gasteiger partial charge in [-0.15, -0.1) is 23.3 Å². The molecule has 2 nitrogen and oxygen atoms in total. The first-order chi connectivity index (χ1) is 14.9. The van der Waals surface area contributed by atoms with Crippen molar-refractivity contribution in [2.24, 2.45) is 0 Å². The Morgan fingerprint density at radius 1 is 0.710 bits per heavy atom. The SMILES string of the molecule is [C-](=Cc1[c-]c(-c2ccccn2)c2ccccc2c1)c1ccccc1-c1ccccn1.[Pt+2]. The van der Waals surface area contributed by atoms with E-state index in [1.165, 1.54) is 0 Å². The summed E-state index contributed by atoms with van der Waals surface area (Å²) in [5.74, 6) is 0. The molecule has 3 heteroatoms. The van der Waals surface area contributed by atoms with E-state index in [1.807, 2.05) is 73.1 Å². The second-order valence-electron chi connectivity index (χ2n) is 6.95. The first-order valence-corrected chi connectivity index (χ1v) is 9.85. The molecule has 0 radical (unpaired) electrons. The van der Waals surface area contributed by atoms with Gasteiger partial charge < -0.3 is 0 Å². The van der Waals surface area contributed by atoms with Crippen LogP contribution >= 0.6 is 0 Å². The van der Waals surface area contributed by atoms with Gasteiger partial charge in [0.15, 0.2) is 0 Å². The van der Waals surface area contributed by atoms with Gasteiger partial charge >= 0.3 is 21.1 Å². The van der Waals surface area contributed by atoms with Crippen molar-refractivity contribution in [1.29, 1.82) is 0 Å². The zero-order chi connectivity index (χ0) is 20.2. The van der Waals surface area contributed by atoms with E-state index in [9.17, 15) is 0 Å². The molecule has 0 saturated heterocycles. The molecule has 0 aliphatic carbocycles. The van der Waals surface area contributed by atoms with Crippen LogP contribution in [0.15, 0.2) is 103 Å². The summed E-state index contributed by atoms with van der Waals surface area (Å²) in [6.45, 7) is 0. The van der Waals surface area contributed by atoms with Crippen molar-refractivity contribution < 1.29 is 21.1 Å². The van der Waals surface area contributed by atoms with Crippen molar-refractivity contribution in [2.45, 2.75) is 0 Å². The predicted molar refractivity (Wildman–Crippen MR) is 122 cm³/mol. The van der Waals surface area contributed by atoms with Crippen LogP contribution < -0.4 is 0 Å². The van der Waals surface area contributed by atoms with E-state index in [4.69, 9.17) is 0 Å². The zero-order valence-electron chi connectivity index (χ0n) is 16.6. The van der Waals surface area contributed by atoms with Crippen LogP contribution in [0.1, 0.15) is 11.1 Å². The van der Waals surface area contributed by atoms with Crippen molar-refractivity contribution >= 4 is 16.8 Å². The van der Waals surface area contributed by atoms with Gasteiger partial charge in [0.25, 0.3) is 0 Å². The monoisotopic (exact) mass is 577 g/mol. The summed E-state index contributed by atoms with van der Waals surface area (Å²) in [5, 5.41) is 2.30. The minimum Gasteiger partial charge on any atom is -0.295 e. The molecule has 0 aliphatic rings. The largest absolute Gasteiger partial charge is 2.00 e. The Labute approximate surface area is 196 Å². The van der Waals surface area contributed by atoms with E-state index in [2.05, 4.69) is 58.5 Å². The summed E-state index contributed by atoms with van der Waals surface area (Å²) in [6.07, 6.45) is 9.07. The molecule has 2 heterocycles. The van der Waals surface area contributed by atoms with Crippen LogP contribution in [0.25, 0.3) is 39.4 Å². The van der Waals surface area contributed by atoms with Gasteiger partial charge in [-0.3, -0.25) is 9.97 Å². The summed E-state index contributed by atoms with van der Waals surface area (Å²) in [6, 6.07) is 34.1. The summed E-state index contributed by atoms with van der Waals surface area (Å²) in [4.78, 5) is 9.03. The van der Waals surface area contributed by atoms with Gasteiger partial charge in [0, 0.05) is 23.8 Å². The van der Waals surface area contributed by atoms with Gasteiger partial charge in [-0.05, 0) is 18.2 Å². The van der Waals surface area contributed by atoms with Gasteiger partial charge in [0.1, 0.15) is 0 Å². The second-order valence-corrected chi connectivity index (χ2v) is 6.95. The quantitative estimate of drug-likeness (QED) is 0.177. The van der Waals surface area contributed by atoms with Crippen molar-refractivity contribution in [2.75, 3.05) is 0 Å². The third kappa shape index (κ3) is 4.55. The summed E-state index contributed by atoms with van der Waals surface area (Å²) in [7, 11) is 0. The average molecular weight is 578 g/mol. The standard InChI is InChI=1S/C28H18N2.Pt/c1-4-12-25(27-13-5-7-17-29-27)22(9-1)16-15-21-19-23-10-2-3-11-24(23)26(20-21)28-14-6-8-18-30-28;/h1-15,17-19H;/q-2;+2. The van der Waals surface area contributed by atoms with Gasteiger partial charge in [-0.1, -0.05) is 70.9 Å². The van der Waals surface area contributed by atoms with Crippen LogP contribution in [0, 0.1) is 12.1 Å². The Balaban J connectivity index is 0.00000231. The molecule has 0 amide bonds. The Hall–Kier alpha value is -3.35. The van der Waals surface area contributed by atoms with Crippen molar-refractivity contribution in [1.82, 2.24) is 9.97 Å². The van der Waals surface area contributed by atoms with Crippen LogP contribution in [0.2, 0.25) is 0 Å². The van der Waals surface area contributed by atoms with Crippen LogP contribution in [-0.2, 0) is 21.1 Å². The molecule has 5 aromatic rings. The molecule has 0 bridgehead atoms. The molecule has 31 heavy (non-hydrogen) atoms. The van der Waals surface area contributed by atoms with Gasteiger partial charge in [-0.25, -0.2) is 6.08 Å². The van der Waals surface area contributed by atoms with Crippen LogP contribution in [0.3, 0.4) is 0 Å². The van der Waals surface area contributed by atoms with Crippen LogP contribution in [-0.4, -0.2) is 9.97 Å². The number of hydrogen-bond donors (Lipinski definition) is 0. The molecule has 0 spiro atoms. The molecule has 0 N–H and O–H groups in total. The molecule has 3 aromatic carbocycles. The topological polar surface area (TPSA) is 25.8 Å². The smallest absolute Gasteiger partial charge is 0.295 e. The molecular formula is C28H18N2Pt. The average Bonchev–Trinajstić information content (AvgIpc) is 2.83. The third-order valence-electron chi connectivity index (χ3n) is 4.98. The third-order valence-corrected chi connectivity index (χ3v) is 4.98. The normalized spacial score (nSPS) is 10.8. The number of nitrogens with zero attached hydrogens (tertiary/aromatic N) is 2. The number of benzene rings is 3. The van der Waals surface area contributed by atoms with Crippen molar-refractivity contribution in [3.8, 4) is 22.5 Å². The second kappa shape index (κ2) is 9.64. The fraction of sp³-hybridized carbons (Fsp3) is 0. The Morgan fingerprint density at radius 2 is 1.39 bits per heavy atom. The van der Waals surface area contributed by atoms with Gasteiger partial charge in [0.2, 0.25) is 0 Å². The maximum Gasteiger partial charge on any atom is 2.00 e. The predicted octanol–water partition coefficient (Wildman–Crippen LogP) is 6.63. The maximum absolute atomic E-state index is 4.54. The van der Waals surface area contributed by atoms with E-state index in [0.29, 0.717) is 0 Å². The minimum absolute atomic E-state index is 0. The molecular weight excluding hydrogens is 559 g/mol. The molecule has 0 aliphatic heterocycles. The molecule has 5 rings (SSSR count). The van der Waals surface area contributed by atoms with Crippen LogP contribution in [0.5, 0.6) is 0 Å². The Kier molecular flexibility index (Phi) is 6.50. The summed E-state index contributed by atoms with van der Waals surface area (Å²) >= 11 is 0. The number of fused-ring (bicyclic) bond motifs is 1. The van der Waals surface area contributed by atoms with Gasteiger partial charge in [0.05, 0.1) is 0 Å². The molecule has 0 unspecified atom stereocenters. The number of rotatable bonds is 4. The zero-order valence-corrected chi connectivity index (χ0v) is 18.9. The molecule has 0 fully saturated rings. The molecule has 2 aromatic heterocycles. The summed E-state index contributed by atoms with van der Waals surface area (Å²) in [5.41, 5.74) is 5.87. The Bertz CT molecular complexity index is 1330. The fourth-order valence-electron chi connectivity index (χ4n) is 3.57. The molecule has 0 atom stereocenters. The van der Waals surface area contributed by atoms with Crippen molar-refractivity contribution in [3.05, 3.63) is 127 Å². The van der Waals surface area contributed by atoms with Gasteiger partial charge in [-0.2, -0.15) is 23.8 Å². The van der Waals surface area contributed by atoms with E-state index in [0.717, 1.165) is 44.4 Å². The van der Waals surface area contributed by atoms with E-state index < -0.39 is 0 Å². The van der Waals surface area contributed by atoms with Crippen LogP contribution in [0.4, 0.5) is 0 Å². The van der Waals surface area contributed by atoms with E-state index >= 15 is 0 Å². The number of aromatic nitrogens is 2. The first kappa shape index (κ1) is 20.9. The van der Waals surface area contributed by atoms with E-state index in [1.54, 1.807) is 0 Å². The number of pyridine rings is 2. The summed E-state index contributed by atoms with van der Waals surface area (Å²) < 4.78 is 0. The molecule has 0 saturated carbocycles. The Morgan fingerprint density at radius 3 is 2.16 bits per heavy atom. The maximum atomic E-state index is 4.54. The fourth-order valence-corrected chi connectivity index (χ4v) is 3.57. The molecule has 150 valence electrons. The number of hydrogen-bond acceptors (Lipinski definition) is 2. The van der Waals surface area contributed by atoms with Crippen molar-refractivity contribution in [3.63, 3.8) is 0 Å².